The smallest absolute Gasteiger partial charge is 0.407 e. The van der Waals surface area contributed by atoms with E-state index in [4.69, 9.17) is 4.74 Å². The predicted molar refractivity (Wildman–Crippen MR) is 115 cm³/mol. The summed E-state index contributed by atoms with van der Waals surface area (Å²) in [5, 5.41) is 4.80. The van der Waals surface area contributed by atoms with Gasteiger partial charge in [-0.1, -0.05) is 6.07 Å². The van der Waals surface area contributed by atoms with Crippen LogP contribution in [-0.4, -0.2) is 46.6 Å². The summed E-state index contributed by atoms with van der Waals surface area (Å²) in [6.45, 7) is 8.17. The molecule has 0 saturated carbocycles. The molecule has 1 saturated heterocycles. The van der Waals surface area contributed by atoms with Crippen LogP contribution >= 0.6 is 11.3 Å². The molecule has 8 heteroatoms. The first-order chi connectivity index (χ1) is 14.1. The van der Waals surface area contributed by atoms with E-state index in [1.807, 2.05) is 13.0 Å². The average molecular weight is 434 g/mol. The van der Waals surface area contributed by atoms with Crippen molar-refractivity contribution in [3.63, 3.8) is 0 Å². The zero-order valence-corrected chi connectivity index (χ0v) is 18.6. The number of nitrogens with one attached hydrogen (secondary N) is 1. The Kier molecular flexibility index (Phi) is 6.75. The number of likely N-dealkylation sites (tertiary alicyclic amines) is 1. The molecule has 0 bridgehead atoms. The van der Waals surface area contributed by atoms with Gasteiger partial charge in [-0.15, -0.1) is 11.3 Å². The number of amides is 2. The topological polar surface area (TPSA) is 71.5 Å². The Balaban J connectivity index is 1.70. The van der Waals surface area contributed by atoms with Crippen LogP contribution in [0.3, 0.4) is 0 Å². The molecule has 0 radical (unpaired) electrons. The number of ether oxygens (including phenoxy) is 1. The van der Waals surface area contributed by atoms with Crippen LogP contribution < -0.4 is 5.32 Å². The van der Waals surface area contributed by atoms with Gasteiger partial charge < -0.3 is 15.0 Å². The number of piperidine rings is 1. The Morgan fingerprint density at radius 3 is 2.80 bits per heavy atom. The van der Waals surface area contributed by atoms with Crippen LogP contribution in [0.25, 0.3) is 11.3 Å². The van der Waals surface area contributed by atoms with E-state index in [1.165, 1.54) is 17.4 Å². The number of aromatic nitrogens is 1. The van der Waals surface area contributed by atoms with Gasteiger partial charge >= 0.3 is 6.09 Å². The molecular formula is C22H28FN3O3S. The van der Waals surface area contributed by atoms with Crippen molar-refractivity contribution in [3.8, 4) is 11.3 Å². The van der Waals surface area contributed by atoms with Crippen molar-refractivity contribution in [1.29, 1.82) is 0 Å². The van der Waals surface area contributed by atoms with Gasteiger partial charge in [0.15, 0.2) is 5.01 Å². The molecule has 162 valence electrons. The highest BCUT2D eigenvalue weighted by Crippen LogP contribution is 2.27. The molecule has 1 N–H and O–H groups in total. The number of alkyl carbamates (subject to hydrolysis) is 1. The van der Waals surface area contributed by atoms with Gasteiger partial charge in [0.25, 0.3) is 5.91 Å². The first-order valence-corrected chi connectivity index (χ1v) is 11.0. The molecule has 6 nitrogen and oxygen atoms in total. The second-order valence-corrected chi connectivity index (χ2v) is 9.41. The fraction of sp³-hybridized carbons (Fsp3) is 0.500. The minimum absolute atomic E-state index is 0.123. The monoisotopic (exact) mass is 433 g/mol. The van der Waals surface area contributed by atoms with Crippen LogP contribution in [0.1, 0.15) is 55.4 Å². The zero-order chi connectivity index (χ0) is 21.9. The number of hydrogen-bond donors (Lipinski definition) is 1. The molecule has 2 heterocycles. The van der Waals surface area contributed by atoms with Gasteiger partial charge in [0.2, 0.25) is 0 Å². The van der Waals surface area contributed by atoms with Crippen molar-refractivity contribution in [1.82, 2.24) is 15.2 Å². The molecule has 1 aliphatic rings. The lowest BCUT2D eigenvalue weighted by molar-refractivity contribution is 0.0462. The second-order valence-electron chi connectivity index (χ2n) is 8.55. The van der Waals surface area contributed by atoms with E-state index >= 15 is 0 Å². The van der Waals surface area contributed by atoms with E-state index in [2.05, 4.69) is 10.3 Å². The molecule has 3 rings (SSSR count). The second kappa shape index (κ2) is 9.12. The standard InChI is InChI=1S/C22H28FN3O3S/c1-14-8-9-16(17(23)11-14)18-13-30-19(25-18)20(27)26-10-6-5-7-15(26)12-24-21(28)29-22(2,3)4/h8-9,11,13,15H,5-7,10,12H2,1-4H3,(H,24,28)/t15-/m0/s1. The minimum Gasteiger partial charge on any atom is -0.444 e. The highest BCUT2D eigenvalue weighted by atomic mass is 32.1. The first kappa shape index (κ1) is 22.2. The van der Waals surface area contributed by atoms with E-state index in [-0.39, 0.29) is 17.8 Å². The maximum atomic E-state index is 14.3. The summed E-state index contributed by atoms with van der Waals surface area (Å²) < 4.78 is 19.6. The maximum absolute atomic E-state index is 14.3. The summed E-state index contributed by atoms with van der Waals surface area (Å²) in [5.74, 6) is -0.536. The highest BCUT2D eigenvalue weighted by Gasteiger charge is 2.30. The normalized spacial score (nSPS) is 17.0. The average Bonchev–Trinajstić information content (AvgIpc) is 3.14. The van der Waals surface area contributed by atoms with Gasteiger partial charge in [0, 0.05) is 30.1 Å². The van der Waals surface area contributed by atoms with Crippen LogP contribution in [0.15, 0.2) is 23.6 Å². The van der Waals surface area contributed by atoms with Gasteiger partial charge in [-0.3, -0.25) is 4.79 Å². The highest BCUT2D eigenvalue weighted by molar-refractivity contribution is 7.12. The fourth-order valence-corrected chi connectivity index (χ4v) is 4.21. The summed E-state index contributed by atoms with van der Waals surface area (Å²) >= 11 is 1.21. The first-order valence-electron chi connectivity index (χ1n) is 10.1. The molecule has 1 aliphatic heterocycles. The predicted octanol–water partition coefficient (Wildman–Crippen LogP) is 4.78. The van der Waals surface area contributed by atoms with Crippen molar-refractivity contribution >= 4 is 23.3 Å². The molecule has 2 amide bonds. The third-order valence-electron chi connectivity index (χ3n) is 4.86. The van der Waals surface area contributed by atoms with Crippen molar-refractivity contribution in [2.75, 3.05) is 13.1 Å². The lowest BCUT2D eigenvalue weighted by atomic mass is 10.0. The van der Waals surface area contributed by atoms with Crippen LogP contribution in [0.5, 0.6) is 0 Å². The van der Waals surface area contributed by atoms with Gasteiger partial charge in [-0.25, -0.2) is 14.2 Å². The summed E-state index contributed by atoms with van der Waals surface area (Å²) in [6.07, 6.45) is 2.19. The molecule has 1 aromatic heterocycles. The molecule has 1 aromatic carbocycles. The third kappa shape index (κ3) is 5.56. The third-order valence-corrected chi connectivity index (χ3v) is 5.69. The SMILES string of the molecule is Cc1ccc(-c2csc(C(=O)N3CCCC[C@H]3CNC(=O)OC(C)(C)C)n2)c(F)c1. The van der Waals surface area contributed by atoms with E-state index in [1.54, 1.807) is 37.1 Å². The van der Waals surface area contributed by atoms with Crippen molar-refractivity contribution in [2.24, 2.45) is 0 Å². The molecule has 2 aromatic rings. The summed E-state index contributed by atoms with van der Waals surface area (Å²) in [4.78, 5) is 31.2. The molecule has 30 heavy (non-hydrogen) atoms. The minimum atomic E-state index is -0.575. The van der Waals surface area contributed by atoms with Crippen LogP contribution in [0.4, 0.5) is 9.18 Å². The Labute approximate surface area is 180 Å². The summed E-state index contributed by atoms with van der Waals surface area (Å²) in [5.41, 5.74) is 1.10. The molecular weight excluding hydrogens is 405 g/mol. The number of hydrogen-bond acceptors (Lipinski definition) is 5. The molecule has 1 atom stereocenters. The molecule has 1 fully saturated rings. The van der Waals surface area contributed by atoms with E-state index < -0.39 is 11.7 Å². The lowest BCUT2D eigenvalue weighted by Crippen LogP contribution is -2.50. The zero-order valence-electron chi connectivity index (χ0n) is 17.8. The number of carbonyl (C=O) groups excluding carboxylic acids is 2. The number of rotatable bonds is 4. The van der Waals surface area contributed by atoms with E-state index in [9.17, 15) is 14.0 Å². The Morgan fingerprint density at radius 1 is 1.33 bits per heavy atom. The number of halogens is 1. The van der Waals surface area contributed by atoms with E-state index in [0.717, 1.165) is 24.8 Å². The quantitative estimate of drug-likeness (QED) is 0.753. The Hall–Kier alpha value is -2.48. The lowest BCUT2D eigenvalue weighted by Gasteiger charge is -2.35. The number of benzene rings is 1. The van der Waals surface area contributed by atoms with Crippen molar-refractivity contribution in [2.45, 2.75) is 58.6 Å². The largest absolute Gasteiger partial charge is 0.444 e. The summed E-state index contributed by atoms with van der Waals surface area (Å²) in [6, 6.07) is 4.84. The number of carbonyl (C=O) groups is 2. The summed E-state index contributed by atoms with van der Waals surface area (Å²) in [7, 11) is 0. The number of aryl methyl sites for hydroxylation is 1. The Bertz CT molecular complexity index is 923. The molecule has 0 aliphatic carbocycles. The molecule has 0 unspecified atom stereocenters. The van der Waals surface area contributed by atoms with Gasteiger partial charge in [0.1, 0.15) is 11.4 Å². The van der Waals surface area contributed by atoms with Crippen LogP contribution in [-0.2, 0) is 4.74 Å². The number of thiazole rings is 1. The van der Waals surface area contributed by atoms with Crippen LogP contribution in [0.2, 0.25) is 0 Å². The van der Waals surface area contributed by atoms with Crippen LogP contribution in [0, 0.1) is 12.7 Å². The van der Waals surface area contributed by atoms with E-state index in [0.29, 0.717) is 29.4 Å². The van der Waals surface area contributed by atoms with Crippen molar-refractivity contribution < 1.29 is 18.7 Å². The van der Waals surface area contributed by atoms with Gasteiger partial charge in [0.05, 0.1) is 5.69 Å². The number of nitrogens with zero attached hydrogens (tertiary/aromatic N) is 2. The molecule has 0 spiro atoms. The Morgan fingerprint density at radius 2 is 2.10 bits per heavy atom. The maximum Gasteiger partial charge on any atom is 0.407 e. The fourth-order valence-electron chi connectivity index (χ4n) is 3.44. The van der Waals surface area contributed by atoms with Gasteiger partial charge in [-0.05, 0) is 64.7 Å². The van der Waals surface area contributed by atoms with Gasteiger partial charge in [-0.2, -0.15) is 0 Å². The van der Waals surface area contributed by atoms with Crippen molar-refractivity contribution in [3.05, 3.63) is 40.0 Å².